The van der Waals surface area contributed by atoms with Gasteiger partial charge in [0.2, 0.25) is 5.75 Å². The third-order valence-electron chi connectivity index (χ3n) is 5.50. The van der Waals surface area contributed by atoms with Gasteiger partial charge in [-0.1, -0.05) is 84.0 Å². The number of nitrogens with zero attached hydrogens (tertiary/aromatic N) is 2. The molecule has 0 aliphatic heterocycles. The summed E-state index contributed by atoms with van der Waals surface area (Å²) < 4.78 is 0. The SMILES string of the molecule is CCCCCCCCCCCCCCCc1c([N+](=O)[O-])cc([N+](=O)[O-])c(O)c1C(=O)O. The number of hydrogen-bond acceptors (Lipinski definition) is 6. The van der Waals surface area contributed by atoms with Crippen LogP contribution in [0.15, 0.2) is 6.07 Å². The second-order valence-electron chi connectivity index (χ2n) is 7.93. The molecule has 9 heteroatoms. The fourth-order valence-electron chi connectivity index (χ4n) is 3.79. The number of carbonyl (C=O) groups is 1. The molecular weight excluding hydrogens is 404 g/mol. The highest BCUT2D eigenvalue weighted by molar-refractivity contribution is 5.95. The zero-order valence-corrected chi connectivity index (χ0v) is 18.3. The van der Waals surface area contributed by atoms with Crippen molar-refractivity contribution < 1.29 is 24.9 Å². The second kappa shape index (κ2) is 14.3. The van der Waals surface area contributed by atoms with Crippen LogP contribution in [0.25, 0.3) is 0 Å². The van der Waals surface area contributed by atoms with Crippen molar-refractivity contribution in [3.05, 3.63) is 37.4 Å². The minimum absolute atomic E-state index is 0.0707. The van der Waals surface area contributed by atoms with Gasteiger partial charge in [-0.05, 0) is 12.8 Å². The summed E-state index contributed by atoms with van der Waals surface area (Å²) in [4.78, 5) is 32.0. The Kier molecular flexibility index (Phi) is 12.2. The lowest BCUT2D eigenvalue weighted by Crippen LogP contribution is -2.09. The first kappa shape index (κ1) is 26.3. The van der Waals surface area contributed by atoms with Crippen LogP contribution in [0.1, 0.15) is 106 Å². The molecule has 0 amide bonds. The summed E-state index contributed by atoms with van der Waals surface area (Å²) in [5.41, 5.74) is -2.53. The van der Waals surface area contributed by atoms with Gasteiger partial charge in [0.1, 0.15) is 5.56 Å². The first-order valence-corrected chi connectivity index (χ1v) is 11.2. The number of nitro groups is 2. The Balaban J connectivity index is 2.48. The zero-order valence-electron chi connectivity index (χ0n) is 18.3. The summed E-state index contributed by atoms with van der Waals surface area (Å²) in [6.45, 7) is 2.21. The van der Waals surface area contributed by atoms with Gasteiger partial charge in [0, 0.05) is 5.56 Å². The van der Waals surface area contributed by atoms with Gasteiger partial charge in [0.05, 0.1) is 15.9 Å². The number of hydrogen-bond donors (Lipinski definition) is 2. The Labute approximate surface area is 182 Å². The van der Waals surface area contributed by atoms with Gasteiger partial charge in [-0.2, -0.15) is 0 Å². The van der Waals surface area contributed by atoms with Gasteiger partial charge in [0.25, 0.3) is 5.69 Å². The lowest BCUT2D eigenvalue weighted by molar-refractivity contribution is -0.395. The standard InChI is InChI=1S/C22H34N2O7/c1-2-3-4-5-6-7-8-9-10-11-12-13-14-15-17-18(23(28)29)16-19(24(30)31)21(25)20(17)22(26)27/h16,25H,2-15H2,1H3,(H,26,27). The van der Waals surface area contributed by atoms with E-state index < -0.39 is 38.5 Å². The highest BCUT2D eigenvalue weighted by Crippen LogP contribution is 2.39. The molecule has 9 nitrogen and oxygen atoms in total. The average molecular weight is 439 g/mol. The van der Waals surface area contributed by atoms with Crippen LogP contribution < -0.4 is 0 Å². The third kappa shape index (κ3) is 8.90. The van der Waals surface area contributed by atoms with Crippen molar-refractivity contribution in [2.75, 3.05) is 0 Å². The number of aromatic hydroxyl groups is 1. The predicted octanol–water partition coefficient (Wildman–Crippen LogP) is 6.54. The lowest BCUT2D eigenvalue weighted by Gasteiger charge is -2.09. The van der Waals surface area contributed by atoms with E-state index in [0.29, 0.717) is 12.5 Å². The number of rotatable bonds is 17. The molecule has 1 rings (SSSR count). The van der Waals surface area contributed by atoms with Crippen LogP contribution in [-0.4, -0.2) is 26.0 Å². The normalized spacial score (nSPS) is 10.9. The molecule has 174 valence electrons. The average Bonchev–Trinajstić information content (AvgIpc) is 2.70. The molecule has 2 N–H and O–H groups in total. The Morgan fingerprint density at radius 1 is 0.806 bits per heavy atom. The number of aromatic carboxylic acids is 1. The van der Waals surface area contributed by atoms with Gasteiger partial charge >= 0.3 is 11.7 Å². The van der Waals surface area contributed by atoms with E-state index in [1.54, 1.807) is 0 Å². The molecule has 0 bridgehead atoms. The van der Waals surface area contributed by atoms with E-state index in [9.17, 15) is 35.2 Å². The quantitative estimate of drug-likeness (QED) is 0.159. The smallest absolute Gasteiger partial charge is 0.340 e. The van der Waals surface area contributed by atoms with E-state index in [0.717, 1.165) is 25.7 Å². The first-order chi connectivity index (χ1) is 14.8. The maximum atomic E-state index is 11.5. The van der Waals surface area contributed by atoms with E-state index in [1.807, 2.05) is 0 Å². The molecule has 0 aliphatic rings. The fraction of sp³-hybridized carbons (Fsp3) is 0.682. The molecule has 0 radical (unpaired) electrons. The second-order valence-corrected chi connectivity index (χ2v) is 7.93. The monoisotopic (exact) mass is 438 g/mol. The van der Waals surface area contributed by atoms with Crippen LogP contribution in [0.2, 0.25) is 0 Å². The van der Waals surface area contributed by atoms with Crippen LogP contribution in [0.5, 0.6) is 5.75 Å². The van der Waals surface area contributed by atoms with Crippen molar-refractivity contribution in [3.63, 3.8) is 0 Å². The van der Waals surface area contributed by atoms with Gasteiger partial charge < -0.3 is 10.2 Å². The molecule has 1 aromatic rings. The van der Waals surface area contributed by atoms with E-state index in [1.165, 1.54) is 51.4 Å². The number of phenols is 1. The third-order valence-corrected chi connectivity index (χ3v) is 5.50. The molecule has 0 heterocycles. The highest BCUT2D eigenvalue weighted by Gasteiger charge is 2.32. The maximum Gasteiger partial charge on any atom is 0.340 e. The molecule has 0 aliphatic carbocycles. The van der Waals surface area contributed by atoms with Crippen molar-refractivity contribution in [3.8, 4) is 5.75 Å². The number of nitro benzene ring substituents is 2. The van der Waals surface area contributed by atoms with Gasteiger partial charge in [-0.25, -0.2) is 4.79 Å². The Morgan fingerprint density at radius 2 is 1.23 bits per heavy atom. The zero-order chi connectivity index (χ0) is 23.2. The van der Waals surface area contributed by atoms with E-state index in [2.05, 4.69) is 6.92 Å². The molecule has 0 fully saturated rings. The summed E-state index contributed by atoms with van der Waals surface area (Å²) in [5.74, 6) is -2.65. The predicted molar refractivity (Wildman–Crippen MR) is 118 cm³/mol. The Morgan fingerprint density at radius 3 is 1.61 bits per heavy atom. The first-order valence-electron chi connectivity index (χ1n) is 11.2. The van der Waals surface area contributed by atoms with Crippen LogP contribution in [-0.2, 0) is 6.42 Å². The van der Waals surface area contributed by atoms with Crippen molar-refractivity contribution in [1.29, 1.82) is 0 Å². The summed E-state index contributed by atoms with van der Waals surface area (Å²) in [6, 6.07) is 0.638. The summed E-state index contributed by atoms with van der Waals surface area (Å²) >= 11 is 0. The number of carboxylic acids is 1. The fourth-order valence-corrected chi connectivity index (χ4v) is 3.79. The molecule has 0 unspecified atom stereocenters. The number of unbranched alkanes of at least 4 members (excludes halogenated alkanes) is 12. The molecule has 0 atom stereocenters. The van der Waals surface area contributed by atoms with Crippen LogP contribution >= 0.6 is 0 Å². The van der Waals surface area contributed by atoms with E-state index in [4.69, 9.17) is 0 Å². The Hall–Kier alpha value is -2.71. The van der Waals surface area contributed by atoms with Crippen LogP contribution in [0.3, 0.4) is 0 Å². The minimum Gasteiger partial charge on any atom is -0.501 e. The van der Waals surface area contributed by atoms with Crippen molar-refractivity contribution in [2.45, 2.75) is 96.8 Å². The van der Waals surface area contributed by atoms with Crippen LogP contribution in [0.4, 0.5) is 11.4 Å². The van der Waals surface area contributed by atoms with Crippen molar-refractivity contribution >= 4 is 17.3 Å². The highest BCUT2D eigenvalue weighted by atomic mass is 16.6. The summed E-state index contributed by atoms with van der Waals surface area (Å²) in [5, 5.41) is 41.7. The van der Waals surface area contributed by atoms with Crippen molar-refractivity contribution in [2.24, 2.45) is 0 Å². The van der Waals surface area contributed by atoms with E-state index >= 15 is 0 Å². The maximum absolute atomic E-state index is 11.5. The molecule has 0 saturated heterocycles. The molecule has 1 aromatic carbocycles. The van der Waals surface area contributed by atoms with Crippen molar-refractivity contribution in [1.82, 2.24) is 0 Å². The van der Waals surface area contributed by atoms with Gasteiger partial charge in [-0.3, -0.25) is 20.2 Å². The molecule has 31 heavy (non-hydrogen) atoms. The van der Waals surface area contributed by atoms with Gasteiger partial charge in [0.15, 0.2) is 0 Å². The van der Waals surface area contributed by atoms with Gasteiger partial charge in [-0.15, -0.1) is 0 Å². The number of carboxylic acid groups (broad SMARTS) is 1. The molecule has 0 saturated carbocycles. The number of benzene rings is 1. The minimum atomic E-state index is -1.62. The Bertz CT molecular complexity index is 750. The molecule has 0 aromatic heterocycles. The van der Waals surface area contributed by atoms with Crippen LogP contribution in [0, 0.1) is 20.2 Å². The van der Waals surface area contributed by atoms with E-state index in [-0.39, 0.29) is 12.0 Å². The molecular formula is C22H34N2O7. The summed E-state index contributed by atoms with van der Waals surface area (Å²) in [6.07, 6.45) is 14.7. The lowest BCUT2D eigenvalue weighted by atomic mass is 9.96. The topological polar surface area (TPSA) is 144 Å². The summed E-state index contributed by atoms with van der Waals surface area (Å²) in [7, 11) is 0. The molecule has 0 spiro atoms. The largest absolute Gasteiger partial charge is 0.501 e.